The minimum Gasteiger partial charge on any atom is -0.352 e. The van der Waals surface area contributed by atoms with Gasteiger partial charge in [-0.05, 0) is 6.07 Å². The fraction of sp³-hybridized carbons (Fsp3) is 0.182. The molecule has 0 atom stereocenters. The monoisotopic (exact) mass is 295 g/mol. The summed E-state index contributed by atoms with van der Waals surface area (Å²) in [4.78, 5) is 25.9. The molecule has 0 aliphatic carbocycles. The lowest BCUT2D eigenvalue weighted by atomic mass is 10.2. The Labute approximate surface area is 118 Å². The topological polar surface area (TPSA) is 114 Å². The third kappa shape index (κ3) is 3.09. The molecule has 0 saturated heterocycles. The number of benzene rings is 1. The molecule has 0 spiro atoms. The van der Waals surface area contributed by atoms with Gasteiger partial charge in [0.2, 0.25) is 0 Å². The smallest absolute Gasteiger partial charge is 0.288 e. The van der Waals surface area contributed by atoms with E-state index in [1.165, 1.54) is 24.5 Å². The largest absolute Gasteiger partial charge is 0.352 e. The van der Waals surface area contributed by atoms with Gasteiger partial charge in [-0.1, -0.05) is 17.7 Å². The standard InChI is InChI=1S/C11H10ClN5O3/c12-10-7(2-1-3-8(10)17(19)20)11(18)13-5-4-9-14-6-15-16-9/h1-3,6H,4-5H2,(H,13,18)(H,14,15,16). The van der Waals surface area contributed by atoms with Crippen molar-refractivity contribution < 1.29 is 9.72 Å². The summed E-state index contributed by atoms with van der Waals surface area (Å²) in [6.07, 6.45) is 1.84. The second-order valence-corrected chi connectivity index (χ2v) is 4.21. The number of hydrogen-bond donors (Lipinski definition) is 2. The zero-order chi connectivity index (χ0) is 14.5. The van der Waals surface area contributed by atoms with E-state index in [0.717, 1.165) is 0 Å². The lowest BCUT2D eigenvalue weighted by Crippen LogP contribution is -2.26. The van der Waals surface area contributed by atoms with E-state index in [0.29, 0.717) is 18.8 Å². The van der Waals surface area contributed by atoms with Gasteiger partial charge in [-0.15, -0.1) is 0 Å². The van der Waals surface area contributed by atoms with Crippen LogP contribution in [0.25, 0.3) is 0 Å². The van der Waals surface area contributed by atoms with Crippen LogP contribution in [0.4, 0.5) is 5.69 Å². The number of aromatic amines is 1. The summed E-state index contributed by atoms with van der Waals surface area (Å²) in [7, 11) is 0. The first kappa shape index (κ1) is 13.9. The molecule has 1 aromatic heterocycles. The van der Waals surface area contributed by atoms with Crippen LogP contribution in [0.2, 0.25) is 5.02 Å². The van der Waals surface area contributed by atoms with Gasteiger partial charge in [0.25, 0.3) is 11.6 Å². The van der Waals surface area contributed by atoms with Gasteiger partial charge in [0.15, 0.2) is 0 Å². The number of rotatable bonds is 5. The molecule has 0 fully saturated rings. The third-order valence-electron chi connectivity index (χ3n) is 2.53. The zero-order valence-corrected chi connectivity index (χ0v) is 10.9. The average Bonchev–Trinajstić information content (AvgIpc) is 2.91. The Morgan fingerprint density at radius 3 is 2.95 bits per heavy atom. The first-order valence-corrected chi connectivity index (χ1v) is 6.02. The molecule has 0 saturated carbocycles. The summed E-state index contributed by atoms with van der Waals surface area (Å²) in [6.45, 7) is 0.313. The van der Waals surface area contributed by atoms with Gasteiger partial charge in [0.05, 0.1) is 10.5 Å². The van der Waals surface area contributed by atoms with E-state index >= 15 is 0 Å². The number of carbonyl (C=O) groups excluding carboxylic acids is 1. The van der Waals surface area contributed by atoms with Crippen molar-refractivity contribution in [1.82, 2.24) is 20.5 Å². The minimum atomic E-state index is -0.631. The summed E-state index contributed by atoms with van der Waals surface area (Å²) >= 11 is 5.85. The molecule has 9 heteroatoms. The van der Waals surface area contributed by atoms with Crippen LogP contribution in [0.15, 0.2) is 24.5 Å². The lowest BCUT2D eigenvalue weighted by Gasteiger charge is -2.06. The number of nitro benzene ring substituents is 1. The molecular weight excluding hydrogens is 286 g/mol. The maximum absolute atomic E-state index is 11.9. The first-order valence-electron chi connectivity index (χ1n) is 5.65. The summed E-state index contributed by atoms with van der Waals surface area (Å²) in [5.41, 5.74) is -0.229. The molecule has 0 aliphatic rings. The van der Waals surface area contributed by atoms with Gasteiger partial charge >= 0.3 is 0 Å². The molecule has 20 heavy (non-hydrogen) atoms. The van der Waals surface area contributed by atoms with Crippen LogP contribution in [0.5, 0.6) is 0 Å². The van der Waals surface area contributed by atoms with Crippen molar-refractivity contribution in [3.63, 3.8) is 0 Å². The second kappa shape index (κ2) is 6.11. The molecule has 1 heterocycles. The summed E-state index contributed by atoms with van der Waals surface area (Å²) in [5.74, 6) is 0.161. The van der Waals surface area contributed by atoms with Gasteiger partial charge in [-0.3, -0.25) is 20.0 Å². The van der Waals surface area contributed by atoms with Crippen molar-refractivity contribution in [2.24, 2.45) is 0 Å². The van der Waals surface area contributed by atoms with Crippen LogP contribution in [0.3, 0.4) is 0 Å². The number of hydrogen-bond acceptors (Lipinski definition) is 5. The number of amides is 1. The highest BCUT2D eigenvalue weighted by Gasteiger charge is 2.19. The van der Waals surface area contributed by atoms with Gasteiger partial charge in [0.1, 0.15) is 17.2 Å². The fourth-order valence-corrected chi connectivity index (χ4v) is 1.86. The van der Waals surface area contributed by atoms with E-state index in [-0.39, 0.29) is 16.3 Å². The Morgan fingerprint density at radius 1 is 1.50 bits per heavy atom. The Kier molecular flexibility index (Phi) is 4.26. The molecule has 2 N–H and O–H groups in total. The van der Waals surface area contributed by atoms with Crippen LogP contribution in [0.1, 0.15) is 16.2 Å². The van der Waals surface area contributed by atoms with Gasteiger partial charge in [0, 0.05) is 19.0 Å². The summed E-state index contributed by atoms with van der Waals surface area (Å²) < 4.78 is 0. The molecule has 0 radical (unpaired) electrons. The van der Waals surface area contributed by atoms with Crippen LogP contribution in [-0.4, -0.2) is 32.6 Å². The van der Waals surface area contributed by atoms with Crippen molar-refractivity contribution >= 4 is 23.2 Å². The Balaban J connectivity index is 2.02. The van der Waals surface area contributed by atoms with Crippen molar-refractivity contribution in [2.45, 2.75) is 6.42 Å². The Bertz CT molecular complexity index is 629. The third-order valence-corrected chi connectivity index (χ3v) is 2.93. The van der Waals surface area contributed by atoms with E-state index in [1.807, 2.05) is 0 Å². The summed E-state index contributed by atoms with van der Waals surface area (Å²) in [5, 5.41) is 19.5. The number of nitrogens with zero attached hydrogens (tertiary/aromatic N) is 3. The van der Waals surface area contributed by atoms with E-state index in [9.17, 15) is 14.9 Å². The van der Waals surface area contributed by atoms with Crippen molar-refractivity contribution in [2.75, 3.05) is 6.54 Å². The number of nitrogens with one attached hydrogen (secondary N) is 2. The quantitative estimate of drug-likeness (QED) is 0.638. The predicted octanol–water partition coefficient (Wildman–Crippen LogP) is 1.34. The molecular formula is C11H10ClN5O3. The Hall–Kier alpha value is -2.48. The van der Waals surface area contributed by atoms with Crippen LogP contribution in [0, 0.1) is 10.1 Å². The van der Waals surface area contributed by atoms with Gasteiger partial charge < -0.3 is 5.32 Å². The van der Waals surface area contributed by atoms with Crippen molar-refractivity contribution in [3.8, 4) is 0 Å². The first-order chi connectivity index (χ1) is 9.59. The Morgan fingerprint density at radius 2 is 2.30 bits per heavy atom. The minimum absolute atomic E-state index is 0.0680. The summed E-state index contributed by atoms with van der Waals surface area (Å²) in [6, 6.07) is 4.09. The lowest BCUT2D eigenvalue weighted by molar-refractivity contribution is -0.384. The molecule has 104 valence electrons. The number of H-pyrrole nitrogens is 1. The second-order valence-electron chi connectivity index (χ2n) is 3.83. The molecule has 8 nitrogen and oxygen atoms in total. The number of aromatic nitrogens is 3. The van der Waals surface area contributed by atoms with Crippen molar-refractivity contribution in [1.29, 1.82) is 0 Å². The van der Waals surface area contributed by atoms with Crippen LogP contribution < -0.4 is 5.32 Å². The molecule has 0 bridgehead atoms. The molecule has 2 aromatic rings. The van der Waals surface area contributed by atoms with Gasteiger partial charge in [-0.2, -0.15) is 5.10 Å². The van der Waals surface area contributed by atoms with E-state index in [4.69, 9.17) is 11.6 Å². The maximum Gasteiger partial charge on any atom is 0.288 e. The molecule has 0 aliphatic heterocycles. The number of halogens is 1. The highest BCUT2D eigenvalue weighted by molar-refractivity contribution is 6.35. The maximum atomic E-state index is 11.9. The normalized spacial score (nSPS) is 10.2. The highest BCUT2D eigenvalue weighted by Crippen LogP contribution is 2.27. The highest BCUT2D eigenvalue weighted by atomic mass is 35.5. The molecule has 2 rings (SSSR count). The van der Waals surface area contributed by atoms with Gasteiger partial charge in [-0.25, -0.2) is 4.98 Å². The zero-order valence-electron chi connectivity index (χ0n) is 10.2. The number of carbonyl (C=O) groups is 1. The molecule has 1 aromatic carbocycles. The average molecular weight is 296 g/mol. The molecule has 0 unspecified atom stereocenters. The van der Waals surface area contributed by atoms with Crippen LogP contribution in [-0.2, 0) is 6.42 Å². The van der Waals surface area contributed by atoms with E-state index < -0.39 is 10.8 Å². The van der Waals surface area contributed by atoms with E-state index in [2.05, 4.69) is 20.5 Å². The van der Waals surface area contributed by atoms with Crippen molar-refractivity contribution in [3.05, 3.63) is 51.1 Å². The van der Waals surface area contributed by atoms with E-state index in [1.54, 1.807) is 0 Å². The SMILES string of the molecule is O=C(NCCc1ncn[nH]1)c1cccc([N+](=O)[O-])c1Cl. The fourth-order valence-electron chi connectivity index (χ4n) is 1.58. The number of nitro groups is 1. The molecule has 1 amide bonds. The van der Waals surface area contributed by atoms with Crippen LogP contribution >= 0.6 is 11.6 Å². The predicted molar refractivity (Wildman–Crippen MR) is 70.5 cm³/mol.